The molecule has 0 amide bonds. The third-order valence-corrected chi connectivity index (χ3v) is 6.22. The maximum absolute atomic E-state index is 9.80. The van der Waals surface area contributed by atoms with E-state index in [4.69, 9.17) is 0 Å². The van der Waals surface area contributed by atoms with E-state index >= 15 is 0 Å². The minimum absolute atomic E-state index is 0.310. The lowest BCUT2D eigenvalue weighted by Gasteiger charge is -2.15. The number of benzene rings is 2. The predicted octanol–water partition coefficient (Wildman–Crippen LogP) is 8.02. The zero-order valence-electron chi connectivity index (χ0n) is 15.9. The van der Waals surface area contributed by atoms with Crippen LogP contribution in [0.25, 0.3) is 10.8 Å². The molecule has 0 heterocycles. The van der Waals surface area contributed by atoms with Crippen LogP contribution < -0.4 is 0 Å². The molecule has 0 aliphatic heterocycles. The summed E-state index contributed by atoms with van der Waals surface area (Å²) >= 11 is 3.48. The summed E-state index contributed by atoms with van der Waals surface area (Å²) in [5.74, 6) is 1.17. The largest absolute Gasteiger partial charge is 0.507 e. The van der Waals surface area contributed by atoms with Gasteiger partial charge in [0.2, 0.25) is 0 Å². The number of aryl methyl sites for hydroxylation is 1. The normalized spacial score (nSPS) is 12.6. The molecule has 138 valence electrons. The first-order valence-corrected chi connectivity index (χ1v) is 10.8. The Morgan fingerprint density at radius 3 is 2.44 bits per heavy atom. The molecule has 1 atom stereocenters. The second-order valence-electron chi connectivity index (χ2n) is 7.32. The topological polar surface area (TPSA) is 20.2 Å². The second-order valence-corrected chi connectivity index (χ2v) is 8.12. The average Bonchev–Trinajstić information content (AvgIpc) is 2.63. The van der Waals surface area contributed by atoms with Crippen LogP contribution in [0.5, 0.6) is 5.75 Å². The molecule has 2 aromatic carbocycles. The highest BCUT2D eigenvalue weighted by Gasteiger charge is 2.08. The van der Waals surface area contributed by atoms with Gasteiger partial charge in [-0.05, 0) is 57.1 Å². The van der Waals surface area contributed by atoms with Gasteiger partial charge >= 0.3 is 0 Å². The van der Waals surface area contributed by atoms with Gasteiger partial charge in [0.15, 0.2) is 0 Å². The Kier molecular flexibility index (Phi) is 8.81. The number of rotatable bonds is 11. The molecule has 1 unspecified atom stereocenters. The Morgan fingerprint density at radius 1 is 0.920 bits per heavy atom. The summed E-state index contributed by atoms with van der Waals surface area (Å²) in [6.07, 6.45) is 13.5. The van der Waals surface area contributed by atoms with Crippen LogP contribution in [0.15, 0.2) is 34.8 Å². The van der Waals surface area contributed by atoms with Crippen molar-refractivity contribution in [2.24, 2.45) is 5.92 Å². The van der Waals surface area contributed by atoms with E-state index in [0.29, 0.717) is 5.75 Å². The van der Waals surface area contributed by atoms with Gasteiger partial charge in [-0.2, -0.15) is 0 Å². The van der Waals surface area contributed by atoms with E-state index in [9.17, 15) is 5.11 Å². The van der Waals surface area contributed by atoms with Gasteiger partial charge in [0.05, 0.1) is 4.47 Å². The lowest BCUT2D eigenvalue weighted by molar-refractivity contribution is 0.412. The van der Waals surface area contributed by atoms with Crippen molar-refractivity contribution in [3.63, 3.8) is 0 Å². The van der Waals surface area contributed by atoms with Gasteiger partial charge in [-0.3, -0.25) is 0 Å². The van der Waals surface area contributed by atoms with Crippen LogP contribution in [0.4, 0.5) is 0 Å². The van der Waals surface area contributed by atoms with Crippen LogP contribution in [0.2, 0.25) is 0 Å². The number of aromatic hydroxyl groups is 1. The maximum atomic E-state index is 9.80. The number of hydrogen-bond donors (Lipinski definition) is 1. The smallest absolute Gasteiger partial charge is 0.130 e. The third-order valence-electron chi connectivity index (χ3n) is 5.38. The first-order valence-electron chi connectivity index (χ1n) is 10.1. The van der Waals surface area contributed by atoms with Gasteiger partial charge in [-0.1, -0.05) is 89.5 Å². The molecular formula is C23H33BrO. The van der Waals surface area contributed by atoms with Crippen LogP contribution in [-0.2, 0) is 6.42 Å². The average molecular weight is 405 g/mol. The second kappa shape index (κ2) is 10.9. The number of hydrogen-bond acceptors (Lipinski definition) is 1. The molecule has 2 heteroatoms. The summed E-state index contributed by atoms with van der Waals surface area (Å²) in [5, 5.41) is 12.1. The molecule has 0 aromatic heterocycles. The fourth-order valence-electron chi connectivity index (χ4n) is 3.62. The lowest BCUT2D eigenvalue weighted by Crippen LogP contribution is -2.01. The van der Waals surface area contributed by atoms with E-state index in [0.717, 1.165) is 22.2 Å². The molecule has 0 aliphatic rings. The SMILES string of the molecule is CCCCCCCCC(CC)CCc1ccc2c(Br)c(O)ccc2c1. The van der Waals surface area contributed by atoms with E-state index in [1.807, 2.05) is 6.07 Å². The van der Waals surface area contributed by atoms with E-state index in [1.54, 1.807) is 6.07 Å². The summed E-state index contributed by atoms with van der Waals surface area (Å²) < 4.78 is 0.797. The summed E-state index contributed by atoms with van der Waals surface area (Å²) in [7, 11) is 0. The van der Waals surface area contributed by atoms with Crippen molar-refractivity contribution in [3.05, 3.63) is 40.4 Å². The Balaban J connectivity index is 1.82. The van der Waals surface area contributed by atoms with Crippen molar-refractivity contribution in [1.82, 2.24) is 0 Å². The summed E-state index contributed by atoms with van der Waals surface area (Å²) in [4.78, 5) is 0. The Morgan fingerprint density at radius 2 is 1.68 bits per heavy atom. The molecule has 0 bridgehead atoms. The minimum atomic E-state index is 0.310. The van der Waals surface area contributed by atoms with Crippen molar-refractivity contribution >= 4 is 26.7 Å². The number of unbranched alkanes of at least 4 members (excludes halogenated alkanes) is 5. The quantitative estimate of drug-likeness (QED) is 0.375. The van der Waals surface area contributed by atoms with Gasteiger partial charge in [0.1, 0.15) is 5.75 Å². The fourth-order valence-corrected chi connectivity index (χ4v) is 4.12. The van der Waals surface area contributed by atoms with Gasteiger partial charge in [0, 0.05) is 0 Å². The molecule has 0 fully saturated rings. The Bertz CT molecular complexity index is 650. The third kappa shape index (κ3) is 6.33. The van der Waals surface area contributed by atoms with Gasteiger partial charge in [0.25, 0.3) is 0 Å². The van der Waals surface area contributed by atoms with Crippen LogP contribution >= 0.6 is 15.9 Å². The first kappa shape index (κ1) is 20.3. The monoisotopic (exact) mass is 404 g/mol. The highest BCUT2D eigenvalue weighted by Crippen LogP contribution is 2.33. The van der Waals surface area contributed by atoms with Gasteiger partial charge in [-0.25, -0.2) is 0 Å². The van der Waals surface area contributed by atoms with Gasteiger partial charge in [-0.15, -0.1) is 0 Å². The molecule has 0 radical (unpaired) electrons. The van der Waals surface area contributed by atoms with Crippen molar-refractivity contribution in [1.29, 1.82) is 0 Å². The number of phenols is 1. The summed E-state index contributed by atoms with van der Waals surface area (Å²) in [6.45, 7) is 4.61. The lowest BCUT2D eigenvalue weighted by atomic mass is 9.91. The highest BCUT2D eigenvalue weighted by atomic mass is 79.9. The molecular weight excluding hydrogens is 372 g/mol. The number of phenolic OH excluding ortho intramolecular Hbond substituents is 1. The van der Waals surface area contributed by atoms with Gasteiger partial charge < -0.3 is 5.11 Å². The summed E-state index contributed by atoms with van der Waals surface area (Å²) in [6, 6.07) is 10.4. The molecule has 0 saturated heterocycles. The molecule has 1 nitrogen and oxygen atoms in total. The zero-order chi connectivity index (χ0) is 18.1. The Labute approximate surface area is 162 Å². The van der Waals surface area contributed by atoms with Crippen LogP contribution in [0, 0.1) is 5.92 Å². The van der Waals surface area contributed by atoms with Crippen molar-refractivity contribution < 1.29 is 5.11 Å². The van der Waals surface area contributed by atoms with E-state index in [2.05, 4.69) is 48.0 Å². The molecule has 25 heavy (non-hydrogen) atoms. The standard InChI is InChI=1S/C23H33BrO/c1-3-5-6-7-8-9-10-18(4-2)11-12-19-13-15-21-20(17-19)14-16-22(25)23(21)24/h13-18,25H,3-12H2,1-2H3. The number of halogens is 1. The highest BCUT2D eigenvalue weighted by molar-refractivity contribution is 9.10. The molecule has 0 saturated carbocycles. The zero-order valence-corrected chi connectivity index (χ0v) is 17.4. The van der Waals surface area contributed by atoms with Crippen LogP contribution in [0.1, 0.15) is 77.2 Å². The first-order chi connectivity index (χ1) is 12.2. The molecule has 1 N–H and O–H groups in total. The van der Waals surface area contributed by atoms with Crippen LogP contribution in [0.3, 0.4) is 0 Å². The minimum Gasteiger partial charge on any atom is -0.507 e. The summed E-state index contributed by atoms with van der Waals surface area (Å²) in [5.41, 5.74) is 1.41. The molecule has 0 aliphatic carbocycles. The number of fused-ring (bicyclic) bond motifs is 1. The maximum Gasteiger partial charge on any atom is 0.130 e. The predicted molar refractivity (Wildman–Crippen MR) is 113 cm³/mol. The fraction of sp³-hybridized carbons (Fsp3) is 0.565. The van der Waals surface area contributed by atoms with Crippen molar-refractivity contribution in [2.75, 3.05) is 0 Å². The Hall–Kier alpha value is -1.02. The van der Waals surface area contributed by atoms with E-state index < -0.39 is 0 Å². The molecule has 2 aromatic rings. The van der Waals surface area contributed by atoms with E-state index in [1.165, 1.54) is 68.7 Å². The van der Waals surface area contributed by atoms with Crippen molar-refractivity contribution in [2.45, 2.75) is 78.1 Å². The molecule has 0 spiro atoms. The molecule has 2 rings (SSSR count). The van der Waals surface area contributed by atoms with E-state index in [-0.39, 0.29) is 0 Å². The van der Waals surface area contributed by atoms with Crippen LogP contribution in [-0.4, -0.2) is 5.11 Å². The van der Waals surface area contributed by atoms with Crippen molar-refractivity contribution in [3.8, 4) is 5.75 Å².